The SMILES string of the molecule is COCCNC(=NCc1cc(C(C)C)no1)NCCc1ccco1.I. The number of hydrogen-bond acceptors (Lipinski definition) is 5. The number of guanidine groups is 1. The topological polar surface area (TPSA) is 84.8 Å². The lowest BCUT2D eigenvalue weighted by atomic mass is 10.1. The molecule has 0 aromatic carbocycles. The molecule has 0 aliphatic heterocycles. The van der Waals surface area contributed by atoms with Gasteiger partial charge in [-0.1, -0.05) is 19.0 Å². The summed E-state index contributed by atoms with van der Waals surface area (Å²) in [5.41, 5.74) is 0.944. The van der Waals surface area contributed by atoms with Crippen molar-refractivity contribution in [2.24, 2.45) is 4.99 Å². The molecule has 2 heterocycles. The minimum atomic E-state index is 0. The van der Waals surface area contributed by atoms with Crippen LogP contribution in [0.25, 0.3) is 0 Å². The average molecular weight is 462 g/mol. The number of nitrogens with one attached hydrogen (secondary N) is 2. The van der Waals surface area contributed by atoms with Crippen molar-refractivity contribution in [3.63, 3.8) is 0 Å². The first kappa shape index (κ1) is 21.5. The second-order valence-corrected chi connectivity index (χ2v) is 5.71. The first-order valence-corrected chi connectivity index (χ1v) is 8.18. The summed E-state index contributed by atoms with van der Waals surface area (Å²) in [6.07, 6.45) is 2.47. The van der Waals surface area contributed by atoms with E-state index in [4.69, 9.17) is 13.7 Å². The van der Waals surface area contributed by atoms with Crippen LogP contribution in [0.15, 0.2) is 38.4 Å². The molecule has 0 saturated heterocycles. The normalized spacial score (nSPS) is 11.4. The number of furan rings is 1. The van der Waals surface area contributed by atoms with Crippen molar-refractivity contribution in [2.75, 3.05) is 26.8 Å². The van der Waals surface area contributed by atoms with Gasteiger partial charge in [0.25, 0.3) is 0 Å². The van der Waals surface area contributed by atoms with E-state index in [9.17, 15) is 0 Å². The van der Waals surface area contributed by atoms with Crippen LogP contribution in [0.3, 0.4) is 0 Å². The molecule has 0 saturated carbocycles. The van der Waals surface area contributed by atoms with Crippen molar-refractivity contribution in [3.05, 3.63) is 41.7 Å². The van der Waals surface area contributed by atoms with Crippen molar-refractivity contribution in [3.8, 4) is 0 Å². The lowest BCUT2D eigenvalue weighted by Crippen LogP contribution is -2.40. The zero-order valence-electron chi connectivity index (χ0n) is 14.9. The van der Waals surface area contributed by atoms with E-state index in [1.54, 1.807) is 13.4 Å². The molecule has 0 aliphatic carbocycles. The molecule has 0 aliphatic rings. The standard InChI is InChI=1S/C17H26N4O3.HI/c1-13(2)16-11-15(24-21-16)12-20-17(19-8-10-22-3)18-7-6-14-5-4-9-23-14;/h4-5,9,11,13H,6-8,10,12H2,1-3H3,(H2,18,19,20);1H. The molecule has 140 valence electrons. The molecule has 0 spiro atoms. The summed E-state index contributed by atoms with van der Waals surface area (Å²) in [7, 11) is 1.67. The van der Waals surface area contributed by atoms with Gasteiger partial charge in [0.15, 0.2) is 11.7 Å². The predicted molar refractivity (Wildman–Crippen MR) is 107 cm³/mol. The fraction of sp³-hybridized carbons (Fsp3) is 0.529. The third-order valence-corrected chi connectivity index (χ3v) is 3.40. The molecule has 2 aromatic heterocycles. The van der Waals surface area contributed by atoms with Crippen LogP contribution in [0.1, 0.15) is 37.0 Å². The second kappa shape index (κ2) is 11.9. The summed E-state index contributed by atoms with van der Waals surface area (Å²) >= 11 is 0. The van der Waals surface area contributed by atoms with Crippen LogP contribution in [-0.2, 0) is 17.7 Å². The van der Waals surface area contributed by atoms with Gasteiger partial charge in [-0.2, -0.15) is 0 Å². The van der Waals surface area contributed by atoms with E-state index >= 15 is 0 Å². The zero-order chi connectivity index (χ0) is 17.2. The Morgan fingerprint density at radius 2 is 2.08 bits per heavy atom. The Morgan fingerprint density at radius 3 is 2.72 bits per heavy atom. The molecule has 0 atom stereocenters. The summed E-state index contributed by atoms with van der Waals surface area (Å²) in [4.78, 5) is 4.53. The summed E-state index contributed by atoms with van der Waals surface area (Å²) < 4.78 is 15.7. The van der Waals surface area contributed by atoms with Gasteiger partial charge in [0.2, 0.25) is 0 Å². The summed E-state index contributed by atoms with van der Waals surface area (Å²) in [5.74, 6) is 2.74. The third kappa shape index (κ3) is 7.91. The van der Waals surface area contributed by atoms with E-state index in [2.05, 4.69) is 34.6 Å². The highest BCUT2D eigenvalue weighted by atomic mass is 127. The maximum absolute atomic E-state index is 5.32. The van der Waals surface area contributed by atoms with Crippen LogP contribution < -0.4 is 10.6 Å². The van der Waals surface area contributed by atoms with Crippen LogP contribution in [0.5, 0.6) is 0 Å². The van der Waals surface area contributed by atoms with Crippen LogP contribution in [0.2, 0.25) is 0 Å². The van der Waals surface area contributed by atoms with Gasteiger partial charge in [-0.3, -0.25) is 0 Å². The molecule has 8 heteroatoms. The number of halogens is 1. The van der Waals surface area contributed by atoms with Crippen LogP contribution in [0.4, 0.5) is 0 Å². The molecule has 0 amide bonds. The minimum absolute atomic E-state index is 0. The molecule has 0 fully saturated rings. The molecule has 2 N–H and O–H groups in total. The van der Waals surface area contributed by atoms with E-state index in [1.807, 2.05) is 18.2 Å². The molecule has 2 aromatic rings. The molecule has 0 radical (unpaired) electrons. The molecule has 2 rings (SSSR count). The maximum atomic E-state index is 5.32. The van der Waals surface area contributed by atoms with E-state index in [0.29, 0.717) is 31.6 Å². The van der Waals surface area contributed by atoms with Gasteiger partial charge >= 0.3 is 0 Å². The second-order valence-electron chi connectivity index (χ2n) is 5.71. The van der Waals surface area contributed by atoms with E-state index in [-0.39, 0.29) is 24.0 Å². The largest absolute Gasteiger partial charge is 0.469 e. The van der Waals surface area contributed by atoms with Crippen molar-refractivity contribution in [2.45, 2.75) is 32.7 Å². The van der Waals surface area contributed by atoms with Gasteiger partial charge < -0.3 is 24.3 Å². The Bertz CT molecular complexity index is 611. The Kier molecular flexibility index (Phi) is 10.2. The van der Waals surface area contributed by atoms with Crippen molar-refractivity contribution in [1.82, 2.24) is 15.8 Å². The van der Waals surface area contributed by atoms with Gasteiger partial charge in [0.1, 0.15) is 12.3 Å². The number of hydrogen-bond donors (Lipinski definition) is 2. The van der Waals surface area contributed by atoms with E-state index in [1.165, 1.54) is 0 Å². The third-order valence-electron chi connectivity index (χ3n) is 3.40. The average Bonchev–Trinajstić information content (AvgIpc) is 3.24. The molecular weight excluding hydrogens is 435 g/mol. The highest BCUT2D eigenvalue weighted by Gasteiger charge is 2.07. The highest BCUT2D eigenvalue weighted by molar-refractivity contribution is 14.0. The molecule has 7 nitrogen and oxygen atoms in total. The summed E-state index contributed by atoms with van der Waals surface area (Å²) in [5, 5.41) is 10.5. The predicted octanol–water partition coefficient (Wildman–Crippen LogP) is 2.93. The van der Waals surface area contributed by atoms with Crippen molar-refractivity contribution < 1.29 is 13.7 Å². The van der Waals surface area contributed by atoms with Crippen molar-refractivity contribution in [1.29, 1.82) is 0 Å². The van der Waals surface area contributed by atoms with Gasteiger partial charge in [-0.25, -0.2) is 4.99 Å². The minimum Gasteiger partial charge on any atom is -0.469 e. The van der Waals surface area contributed by atoms with E-state index in [0.717, 1.165) is 30.2 Å². The molecule has 25 heavy (non-hydrogen) atoms. The Hall–Kier alpha value is -1.55. The molecule has 0 bridgehead atoms. The van der Waals surface area contributed by atoms with E-state index < -0.39 is 0 Å². The quantitative estimate of drug-likeness (QED) is 0.258. The number of methoxy groups -OCH3 is 1. The van der Waals surface area contributed by atoms with Gasteiger partial charge in [-0.15, -0.1) is 24.0 Å². The summed E-state index contributed by atoms with van der Waals surface area (Å²) in [6.45, 7) is 6.61. The lowest BCUT2D eigenvalue weighted by Gasteiger charge is -2.11. The Morgan fingerprint density at radius 1 is 1.28 bits per heavy atom. The Labute approximate surface area is 165 Å². The first-order chi connectivity index (χ1) is 11.7. The number of aliphatic imine (C=N–C) groups is 1. The lowest BCUT2D eigenvalue weighted by molar-refractivity contribution is 0.203. The summed E-state index contributed by atoms with van der Waals surface area (Å²) in [6, 6.07) is 5.79. The number of rotatable bonds is 9. The smallest absolute Gasteiger partial charge is 0.191 e. The maximum Gasteiger partial charge on any atom is 0.191 e. The van der Waals surface area contributed by atoms with Gasteiger partial charge in [0, 0.05) is 32.7 Å². The van der Waals surface area contributed by atoms with Gasteiger partial charge in [0.05, 0.1) is 18.6 Å². The molecule has 0 unspecified atom stereocenters. The highest BCUT2D eigenvalue weighted by Crippen LogP contribution is 2.14. The fourth-order valence-corrected chi connectivity index (χ4v) is 2.04. The van der Waals surface area contributed by atoms with Crippen LogP contribution in [0, 0.1) is 0 Å². The number of aromatic nitrogens is 1. The monoisotopic (exact) mass is 462 g/mol. The number of nitrogens with zero attached hydrogens (tertiary/aromatic N) is 2. The van der Waals surface area contributed by atoms with Gasteiger partial charge in [-0.05, 0) is 18.1 Å². The first-order valence-electron chi connectivity index (χ1n) is 8.18. The van der Waals surface area contributed by atoms with Crippen LogP contribution >= 0.6 is 24.0 Å². The fourth-order valence-electron chi connectivity index (χ4n) is 2.04. The Balaban J connectivity index is 0.00000312. The van der Waals surface area contributed by atoms with Crippen LogP contribution in [-0.4, -0.2) is 37.9 Å². The zero-order valence-corrected chi connectivity index (χ0v) is 17.3. The number of ether oxygens (including phenoxy) is 1. The van der Waals surface area contributed by atoms with Crippen molar-refractivity contribution >= 4 is 29.9 Å². The molecular formula is C17H27IN4O3.